The van der Waals surface area contributed by atoms with Crippen LogP contribution < -0.4 is 14.8 Å². The van der Waals surface area contributed by atoms with Crippen LogP contribution in [0.3, 0.4) is 0 Å². The molecule has 0 saturated heterocycles. The van der Waals surface area contributed by atoms with Crippen LogP contribution in [0.1, 0.15) is 24.5 Å². The number of benzene rings is 2. The average molecular weight is 438 g/mol. The molecule has 1 amide bonds. The van der Waals surface area contributed by atoms with Crippen molar-refractivity contribution in [1.29, 1.82) is 5.26 Å². The summed E-state index contributed by atoms with van der Waals surface area (Å²) in [5.41, 5.74) is 1.69. The van der Waals surface area contributed by atoms with Gasteiger partial charge in [0.25, 0.3) is 0 Å². The number of halogens is 3. The minimum absolute atomic E-state index is 0.0151. The zero-order valence-electron chi connectivity index (χ0n) is 16.6. The van der Waals surface area contributed by atoms with Gasteiger partial charge in [-0.1, -0.05) is 17.7 Å². The van der Waals surface area contributed by atoms with Crippen LogP contribution in [0, 0.1) is 11.3 Å². The summed E-state index contributed by atoms with van der Waals surface area (Å²) in [6.45, 7) is 0.102. The first-order valence-corrected chi connectivity index (χ1v) is 9.58. The van der Waals surface area contributed by atoms with Crippen molar-refractivity contribution < 1.29 is 23.0 Å². The van der Waals surface area contributed by atoms with Crippen LogP contribution in [0.25, 0.3) is 0 Å². The first kappa shape index (κ1) is 23.4. The van der Waals surface area contributed by atoms with E-state index in [0.717, 1.165) is 5.56 Å². The number of amides is 1. The van der Waals surface area contributed by atoms with E-state index in [-0.39, 0.29) is 28.8 Å². The summed E-state index contributed by atoms with van der Waals surface area (Å²) in [5.74, 6) is 0.0381. The summed E-state index contributed by atoms with van der Waals surface area (Å²) in [7, 11) is 1.84. The minimum atomic E-state index is -2.93. The van der Waals surface area contributed by atoms with Crippen LogP contribution in [-0.4, -0.2) is 37.6 Å². The third kappa shape index (κ3) is 7.17. The number of nitriles is 1. The smallest absolute Gasteiger partial charge is 0.387 e. The zero-order chi connectivity index (χ0) is 22.1. The molecule has 0 saturated carbocycles. The van der Waals surface area contributed by atoms with Crippen molar-refractivity contribution in [1.82, 2.24) is 4.90 Å². The lowest BCUT2D eigenvalue weighted by molar-refractivity contribution is -0.116. The Morgan fingerprint density at radius 1 is 1.27 bits per heavy atom. The van der Waals surface area contributed by atoms with Gasteiger partial charge in [-0.25, -0.2) is 0 Å². The van der Waals surface area contributed by atoms with Gasteiger partial charge in [0.15, 0.2) is 11.5 Å². The van der Waals surface area contributed by atoms with Crippen molar-refractivity contribution in [3.05, 3.63) is 52.5 Å². The fourth-order valence-corrected chi connectivity index (χ4v) is 2.93. The van der Waals surface area contributed by atoms with Gasteiger partial charge in [-0.3, -0.25) is 4.79 Å². The van der Waals surface area contributed by atoms with Crippen LogP contribution in [-0.2, 0) is 11.3 Å². The van der Waals surface area contributed by atoms with E-state index in [0.29, 0.717) is 30.9 Å². The second kappa shape index (κ2) is 11.3. The molecule has 0 bridgehead atoms. The van der Waals surface area contributed by atoms with E-state index in [1.807, 2.05) is 18.0 Å². The van der Waals surface area contributed by atoms with Crippen molar-refractivity contribution in [2.24, 2.45) is 0 Å². The van der Waals surface area contributed by atoms with Crippen molar-refractivity contribution in [2.75, 3.05) is 25.5 Å². The molecule has 30 heavy (non-hydrogen) atoms. The standard InChI is InChI=1S/C21H22ClF2N3O3/c1-3-29-19-10-14(4-7-18(19)30-21(23)24)13-27(2)9-8-20(28)26-16-6-5-15(12-25)17(22)11-16/h4-7,10-11,21H,3,8-9,13H2,1-2H3,(H,26,28). The van der Waals surface area contributed by atoms with Crippen LogP contribution >= 0.6 is 11.6 Å². The fourth-order valence-electron chi connectivity index (χ4n) is 2.70. The second-order valence-corrected chi connectivity index (χ2v) is 6.84. The van der Waals surface area contributed by atoms with Crippen molar-refractivity contribution in [3.8, 4) is 17.6 Å². The van der Waals surface area contributed by atoms with Gasteiger partial charge < -0.3 is 19.7 Å². The summed E-state index contributed by atoms with van der Waals surface area (Å²) in [4.78, 5) is 14.1. The highest BCUT2D eigenvalue weighted by atomic mass is 35.5. The Morgan fingerprint density at radius 2 is 2.03 bits per heavy atom. The summed E-state index contributed by atoms with van der Waals surface area (Å²) >= 11 is 5.96. The Bertz CT molecular complexity index is 919. The van der Waals surface area contributed by atoms with Gasteiger partial charge >= 0.3 is 6.61 Å². The summed E-state index contributed by atoms with van der Waals surface area (Å²) in [5, 5.41) is 11.9. The van der Waals surface area contributed by atoms with Crippen LogP contribution in [0.5, 0.6) is 11.5 Å². The molecule has 9 heteroatoms. The number of nitrogens with one attached hydrogen (secondary N) is 1. The quantitative estimate of drug-likeness (QED) is 0.584. The van der Waals surface area contributed by atoms with Gasteiger partial charge in [0, 0.05) is 25.2 Å². The van der Waals surface area contributed by atoms with Crippen LogP contribution in [0.4, 0.5) is 14.5 Å². The molecule has 0 fully saturated rings. The van der Waals surface area contributed by atoms with Crippen molar-refractivity contribution in [2.45, 2.75) is 26.5 Å². The summed E-state index contributed by atoms with van der Waals surface area (Å²) in [6.07, 6.45) is 0.235. The minimum Gasteiger partial charge on any atom is -0.490 e. The summed E-state index contributed by atoms with van der Waals surface area (Å²) < 4.78 is 34.8. The maximum absolute atomic E-state index is 12.5. The summed E-state index contributed by atoms with van der Waals surface area (Å²) in [6, 6.07) is 11.4. The lowest BCUT2D eigenvalue weighted by atomic mass is 10.2. The van der Waals surface area contributed by atoms with E-state index >= 15 is 0 Å². The number of hydrogen-bond donors (Lipinski definition) is 1. The van der Waals surface area contributed by atoms with E-state index in [2.05, 4.69) is 10.1 Å². The van der Waals surface area contributed by atoms with Crippen LogP contribution in [0.2, 0.25) is 5.02 Å². The molecule has 0 aliphatic rings. The van der Waals surface area contributed by atoms with Crippen molar-refractivity contribution in [3.63, 3.8) is 0 Å². The first-order chi connectivity index (χ1) is 14.3. The maximum atomic E-state index is 12.5. The molecule has 6 nitrogen and oxygen atoms in total. The second-order valence-electron chi connectivity index (χ2n) is 6.43. The number of rotatable bonds is 10. The predicted octanol–water partition coefficient (Wildman–Crippen LogP) is 4.67. The molecule has 0 heterocycles. The molecule has 0 aromatic heterocycles. The van der Waals surface area contributed by atoms with E-state index in [1.54, 1.807) is 31.2 Å². The van der Waals surface area contributed by atoms with E-state index in [4.69, 9.17) is 21.6 Å². The lowest BCUT2D eigenvalue weighted by Crippen LogP contribution is -2.24. The Morgan fingerprint density at radius 3 is 2.67 bits per heavy atom. The number of anilines is 1. The van der Waals surface area contributed by atoms with Gasteiger partial charge in [0.1, 0.15) is 6.07 Å². The monoisotopic (exact) mass is 437 g/mol. The highest BCUT2D eigenvalue weighted by Gasteiger charge is 2.13. The molecule has 0 aliphatic carbocycles. The Labute approximate surface area is 178 Å². The van der Waals surface area contributed by atoms with Gasteiger partial charge in [-0.05, 0) is 49.9 Å². The van der Waals surface area contributed by atoms with Gasteiger partial charge in [-0.15, -0.1) is 0 Å². The third-order valence-electron chi connectivity index (χ3n) is 4.07. The van der Waals surface area contributed by atoms with E-state index in [9.17, 15) is 13.6 Å². The third-order valence-corrected chi connectivity index (χ3v) is 4.38. The molecule has 160 valence electrons. The molecular formula is C21H22ClF2N3O3. The Balaban J connectivity index is 1.90. The number of carbonyl (C=O) groups excluding carboxylic acids is 1. The SMILES string of the molecule is CCOc1cc(CN(C)CCC(=O)Nc2ccc(C#N)c(Cl)c2)ccc1OC(F)F. The maximum Gasteiger partial charge on any atom is 0.387 e. The van der Waals surface area contributed by atoms with Gasteiger partial charge in [-0.2, -0.15) is 14.0 Å². The van der Waals surface area contributed by atoms with E-state index in [1.165, 1.54) is 12.1 Å². The zero-order valence-corrected chi connectivity index (χ0v) is 17.4. The molecular weight excluding hydrogens is 416 g/mol. The number of carbonyl (C=O) groups is 1. The number of alkyl halides is 2. The predicted molar refractivity (Wildman–Crippen MR) is 110 cm³/mol. The molecule has 0 atom stereocenters. The fraction of sp³-hybridized carbons (Fsp3) is 0.333. The molecule has 1 N–H and O–H groups in total. The lowest BCUT2D eigenvalue weighted by Gasteiger charge is -2.18. The average Bonchev–Trinajstić information content (AvgIpc) is 2.68. The Hall–Kier alpha value is -2.89. The number of nitrogens with zero attached hydrogens (tertiary/aromatic N) is 2. The molecule has 0 unspecified atom stereocenters. The normalized spacial score (nSPS) is 10.7. The number of ether oxygens (including phenoxy) is 2. The highest BCUT2D eigenvalue weighted by Crippen LogP contribution is 2.30. The van der Waals surface area contributed by atoms with Gasteiger partial charge in [0.2, 0.25) is 5.91 Å². The van der Waals surface area contributed by atoms with Crippen LogP contribution in [0.15, 0.2) is 36.4 Å². The van der Waals surface area contributed by atoms with Gasteiger partial charge in [0.05, 0.1) is 17.2 Å². The molecule has 2 aromatic rings. The molecule has 2 aromatic carbocycles. The Kier molecular flexibility index (Phi) is 8.84. The molecule has 2 rings (SSSR count). The topological polar surface area (TPSA) is 74.6 Å². The molecule has 0 radical (unpaired) electrons. The largest absolute Gasteiger partial charge is 0.490 e. The number of hydrogen-bond acceptors (Lipinski definition) is 5. The van der Waals surface area contributed by atoms with Crippen molar-refractivity contribution >= 4 is 23.2 Å². The first-order valence-electron chi connectivity index (χ1n) is 9.21. The van der Waals surface area contributed by atoms with E-state index < -0.39 is 6.61 Å². The molecule has 0 aliphatic heterocycles. The molecule has 0 spiro atoms. The highest BCUT2D eigenvalue weighted by molar-refractivity contribution is 6.32.